The van der Waals surface area contributed by atoms with Crippen LogP contribution in [0.1, 0.15) is 15.9 Å². The molecule has 0 saturated carbocycles. The zero-order chi connectivity index (χ0) is 17.6. The smallest absolute Gasteiger partial charge is 0.258 e. The van der Waals surface area contributed by atoms with Crippen LogP contribution in [0.2, 0.25) is 0 Å². The number of para-hydroxylation sites is 1. The number of ether oxygens (including phenoxy) is 1. The van der Waals surface area contributed by atoms with E-state index in [-0.39, 0.29) is 5.91 Å². The standard InChI is InChI=1S/C19H18N4O2/c1-13-5-3-4-6-17(13)23-18(24)14-11-20-19(21-12-14)22-15-7-9-16(25-2)10-8-15/h3-12H,1-2H3,(H,23,24)(H,20,21,22). The van der Waals surface area contributed by atoms with Crippen molar-refractivity contribution in [2.75, 3.05) is 17.7 Å². The van der Waals surface area contributed by atoms with Crippen LogP contribution in [0.15, 0.2) is 60.9 Å². The van der Waals surface area contributed by atoms with Gasteiger partial charge in [-0.1, -0.05) is 18.2 Å². The molecule has 0 bridgehead atoms. The lowest BCUT2D eigenvalue weighted by molar-refractivity contribution is 0.102. The van der Waals surface area contributed by atoms with Crippen molar-refractivity contribution in [1.29, 1.82) is 0 Å². The molecule has 0 atom stereocenters. The number of carbonyl (C=O) groups excluding carboxylic acids is 1. The number of amides is 1. The molecule has 3 rings (SSSR count). The van der Waals surface area contributed by atoms with Crippen molar-refractivity contribution in [3.8, 4) is 5.75 Å². The fourth-order valence-electron chi connectivity index (χ4n) is 2.22. The van der Waals surface area contributed by atoms with Crippen LogP contribution in [0.5, 0.6) is 5.75 Å². The van der Waals surface area contributed by atoms with Crippen molar-refractivity contribution in [2.45, 2.75) is 6.92 Å². The zero-order valence-corrected chi connectivity index (χ0v) is 14.0. The summed E-state index contributed by atoms with van der Waals surface area (Å²) in [5, 5.41) is 5.93. The van der Waals surface area contributed by atoms with Gasteiger partial charge in [0.25, 0.3) is 5.91 Å². The van der Waals surface area contributed by atoms with Gasteiger partial charge in [0.15, 0.2) is 0 Å². The van der Waals surface area contributed by atoms with Gasteiger partial charge in [0.1, 0.15) is 5.75 Å². The molecular weight excluding hydrogens is 316 g/mol. The fraction of sp³-hybridized carbons (Fsp3) is 0.105. The molecule has 3 aromatic rings. The van der Waals surface area contributed by atoms with Crippen molar-refractivity contribution in [3.63, 3.8) is 0 Å². The van der Waals surface area contributed by atoms with Crippen LogP contribution in [0.25, 0.3) is 0 Å². The monoisotopic (exact) mass is 334 g/mol. The van der Waals surface area contributed by atoms with E-state index in [1.807, 2.05) is 55.5 Å². The Morgan fingerprint density at radius 1 is 1.00 bits per heavy atom. The minimum absolute atomic E-state index is 0.245. The third kappa shape index (κ3) is 4.11. The number of hydrogen-bond donors (Lipinski definition) is 2. The van der Waals surface area contributed by atoms with Gasteiger partial charge in [-0.3, -0.25) is 4.79 Å². The van der Waals surface area contributed by atoms with E-state index < -0.39 is 0 Å². The fourth-order valence-corrected chi connectivity index (χ4v) is 2.22. The van der Waals surface area contributed by atoms with Crippen LogP contribution in [0.4, 0.5) is 17.3 Å². The highest BCUT2D eigenvalue weighted by molar-refractivity contribution is 6.04. The highest BCUT2D eigenvalue weighted by Crippen LogP contribution is 2.18. The molecule has 1 amide bonds. The molecule has 0 spiro atoms. The maximum absolute atomic E-state index is 12.3. The van der Waals surface area contributed by atoms with E-state index in [1.165, 1.54) is 12.4 Å². The Balaban J connectivity index is 1.67. The molecule has 0 fully saturated rings. The second-order valence-electron chi connectivity index (χ2n) is 5.42. The van der Waals surface area contributed by atoms with Crippen molar-refractivity contribution >= 4 is 23.2 Å². The summed E-state index contributed by atoms with van der Waals surface area (Å²) in [6.07, 6.45) is 2.99. The first-order valence-corrected chi connectivity index (χ1v) is 7.76. The van der Waals surface area contributed by atoms with Crippen molar-refractivity contribution < 1.29 is 9.53 Å². The van der Waals surface area contributed by atoms with Crippen LogP contribution >= 0.6 is 0 Å². The van der Waals surface area contributed by atoms with Crippen LogP contribution < -0.4 is 15.4 Å². The summed E-state index contributed by atoms with van der Waals surface area (Å²) in [5.74, 6) is 0.942. The molecular formula is C19H18N4O2. The van der Waals surface area contributed by atoms with E-state index in [1.54, 1.807) is 7.11 Å². The second kappa shape index (κ2) is 7.44. The number of nitrogens with one attached hydrogen (secondary N) is 2. The predicted molar refractivity (Wildman–Crippen MR) is 97.4 cm³/mol. The van der Waals surface area contributed by atoms with Gasteiger partial charge < -0.3 is 15.4 Å². The van der Waals surface area contributed by atoms with Gasteiger partial charge in [0.2, 0.25) is 5.95 Å². The molecule has 2 N–H and O–H groups in total. The molecule has 0 saturated heterocycles. The molecule has 1 heterocycles. The zero-order valence-electron chi connectivity index (χ0n) is 14.0. The molecule has 0 aliphatic carbocycles. The van der Waals surface area contributed by atoms with Crippen molar-refractivity contribution in [1.82, 2.24) is 9.97 Å². The van der Waals surface area contributed by atoms with E-state index in [0.29, 0.717) is 11.5 Å². The highest BCUT2D eigenvalue weighted by atomic mass is 16.5. The summed E-state index contributed by atoms with van der Waals surface area (Å²) in [6, 6.07) is 15.0. The first-order chi connectivity index (χ1) is 12.2. The summed E-state index contributed by atoms with van der Waals surface area (Å²) in [7, 11) is 1.62. The van der Waals surface area contributed by atoms with Gasteiger partial charge in [-0.2, -0.15) is 0 Å². The number of aryl methyl sites for hydroxylation is 1. The molecule has 2 aromatic carbocycles. The Hall–Kier alpha value is -3.41. The Kier molecular flexibility index (Phi) is 4.89. The third-order valence-corrected chi connectivity index (χ3v) is 3.65. The molecule has 25 heavy (non-hydrogen) atoms. The number of aromatic nitrogens is 2. The second-order valence-corrected chi connectivity index (χ2v) is 5.42. The number of rotatable bonds is 5. The number of anilines is 3. The van der Waals surface area contributed by atoms with Crippen LogP contribution in [0, 0.1) is 6.92 Å². The van der Waals surface area contributed by atoms with Crippen molar-refractivity contribution in [2.24, 2.45) is 0 Å². The van der Waals surface area contributed by atoms with Gasteiger partial charge in [-0.15, -0.1) is 0 Å². The van der Waals surface area contributed by atoms with Crippen molar-refractivity contribution in [3.05, 3.63) is 72.1 Å². The maximum atomic E-state index is 12.3. The Bertz CT molecular complexity index is 861. The lowest BCUT2D eigenvalue weighted by Crippen LogP contribution is -2.13. The lowest BCUT2D eigenvalue weighted by atomic mass is 10.2. The average Bonchev–Trinajstić information content (AvgIpc) is 2.65. The minimum Gasteiger partial charge on any atom is -0.497 e. The van der Waals surface area contributed by atoms with E-state index in [0.717, 1.165) is 22.7 Å². The number of nitrogens with zero attached hydrogens (tertiary/aromatic N) is 2. The van der Waals surface area contributed by atoms with Crippen LogP contribution in [0.3, 0.4) is 0 Å². The number of hydrogen-bond acceptors (Lipinski definition) is 5. The predicted octanol–water partition coefficient (Wildman–Crippen LogP) is 3.79. The first kappa shape index (κ1) is 16.4. The van der Waals surface area contributed by atoms with Gasteiger partial charge in [0, 0.05) is 23.8 Å². The summed E-state index contributed by atoms with van der Waals surface area (Å²) < 4.78 is 5.12. The van der Waals surface area contributed by atoms with E-state index in [4.69, 9.17) is 4.74 Å². The number of carbonyl (C=O) groups is 1. The van der Waals surface area contributed by atoms with E-state index in [9.17, 15) is 4.79 Å². The Morgan fingerprint density at radius 2 is 1.68 bits per heavy atom. The van der Waals surface area contributed by atoms with Gasteiger partial charge >= 0.3 is 0 Å². The quantitative estimate of drug-likeness (QED) is 0.742. The van der Waals surface area contributed by atoms with Crippen LogP contribution in [-0.2, 0) is 0 Å². The number of methoxy groups -OCH3 is 1. The maximum Gasteiger partial charge on any atom is 0.258 e. The van der Waals surface area contributed by atoms with E-state index >= 15 is 0 Å². The SMILES string of the molecule is COc1ccc(Nc2ncc(C(=O)Nc3ccccc3C)cn2)cc1. The topological polar surface area (TPSA) is 76.1 Å². The molecule has 6 heteroatoms. The lowest BCUT2D eigenvalue weighted by Gasteiger charge is -2.09. The molecule has 1 aromatic heterocycles. The van der Waals surface area contributed by atoms with E-state index in [2.05, 4.69) is 20.6 Å². The van der Waals surface area contributed by atoms with Gasteiger partial charge in [-0.05, 0) is 42.8 Å². The van der Waals surface area contributed by atoms with Crippen LogP contribution in [-0.4, -0.2) is 23.0 Å². The Labute approximate surface area is 145 Å². The molecule has 126 valence electrons. The third-order valence-electron chi connectivity index (χ3n) is 3.65. The normalized spacial score (nSPS) is 10.2. The minimum atomic E-state index is -0.245. The largest absolute Gasteiger partial charge is 0.497 e. The summed E-state index contributed by atoms with van der Waals surface area (Å²) in [5.41, 5.74) is 2.99. The average molecular weight is 334 g/mol. The summed E-state index contributed by atoms with van der Waals surface area (Å²) >= 11 is 0. The number of benzene rings is 2. The van der Waals surface area contributed by atoms with Gasteiger partial charge in [0.05, 0.1) is 12.7 Å². The molecule has 0 radical (unpaired) electrons. The Morgan fingerprint density at radius 3 is 2.32 bits per heavy atom. The summed E-state index contributed by atoms with van der Waals surface area (Å²) in [6.45, 7) is 1.94. The molecule has 0 aliphatic heterocycles. The first-order valence-electron chi connectivity index (χ1n) is 7.76. The molecule has 0 unspecified atom stereocenters. The van der Waals surface area contributed by atoms with Gasteiger partial charge in [-0.25, -0.2) is 9.97 Å². The molecule has 6 nitrogen and oxygen atoms in total. The molecule has 0 aliphatic rings. The summed E-state index contributed by atoms with van der Waals surface area (Å²) in [4.78, 5) is 20.7. The highest BCUT2D eigenvalue weighted by Gasteiger charge is 2.09.